The highest BCUT2D eigenvalue weighted by molar-refractivity contribution is 5.93. The third kappa shape index (κ3) is 2.45. The Labute approximate surface area is 137 Å². The highest BCUT2D eigenvalue weighted by Crippen LogP contribution is 2.38. The Morgan fingerprint density at radius 2 is 2.12 bits per heavy atom. The zero-order chi connectivity index (χ0) is 16.8. The molecule has 7 heteroatoms. The maximum absolute atomic E-state index is 14.7. The van der Waals surface area contributed by atoms with Gasteiger partial charge in [-0.15, -0.1) is 0 Å². The number of halogens is 1. The lowest BCUT2D eigenvalue weighted by Crippen LogP contribution is -2.52. The number of hydrogen-bond donors (Lipinski definition) is 3. The third-order valence-electron chi connectivity index (χ3n) is 4.94. The minimum atomic E-state index is -1.32. The van der Waals surface area contributed by atoms with E-state index in [-0.39, 0.29) is 17.0 Å². The maximum atomic E-state index is 14.7. The van der Waals surface area contributed by atoms with Crippen molar-refractivity contribution in [3.05, 3.63) is 39.9 Å². The molecule has 3 N–H and O–H groups in total. The van der Waals surface area contributed by atoms with Crippen LogP contribution in [0.3, 0.4) is 0 Å². The van der Waals surface area contributed by atoms with Crippen molar-refractivity contribution in [3.63, 3.8) is 0 Å². The molecule has 126 valence electrons. The summed E-state index contributed by atoms with van der Waals surface area (Å²) in [7, 11) is 0. The second-order valence-corrected chi connectivity index (χ2v) is 6.49. The standard InChI is InChI=1S/C17H18FN3O3/c18-12-5-10-13(20-7-11(16(10)22)17(23)24)6-14(12)21-4-3-19-8-15(21)9-1-2-9/h5-7,9,15,19H,1-4,8H2,(H,20,22)(H,23,24). The molecule has 2 aromatic rings. The number of rotatable bonds is 3. The molecule has 24 heavy (non-hydrogen) atoms. The zero-order valence-electron chi connectivity index (χ0n) is 13.0. The van der Waals surface area contributed by atoms with Crippen LogP contribution in [0.15, 0.2) is 23.1 Å². The van der Waals surface area contributed by atoms with Gasteiger partial charge in [0.15, 0.2) is 0 Å². The van der Waals surface area contributed by atoms with Crippen LogP contribution in [0.2, 0.25) is 0 Å². The SMILES string of the molecule is O=C(O)c1c[nH]c2cc(N3CCNCC3C3CC3)c(F)cc2c1=O. The Bertz CT molecular complexity index is 875. The maximum Gasteiger partial charge on any atom is 0.341 e. The van der Waals surface area contributed by atoms with Crippen molar-refractivity contribution in [3.8, 4) is 0 Å². The number of hydrogen-bond acceptors (Lipinski definition) is 4. The van der Waals surface area contributed by atoms with Crippen molar-refractivity contribution in [2.24, 2.45) is 5.92 Å². The number of aromatic carboxylic acids is 1. The van der Waals surface area contributed by atoms with Gasteiger partial charge >= 0.3 is 5.97 Å². The molecule has 6 nitrogen and oxygen atoms in total. The number of piperazine rings is 1. The molecule has 2 fully saturated rings. The summed E-state index contributed by atoms with van der Waals surface area (Å²) >= 11 is 0. The first-order valence-corrected chi connectivity index (χ1v) is 8.12. The molecule has 1 atom stereocenters. The molecule has 0 spiro atoms. The number of aromatic amines is 1. The average Bonchev–Trinajstić information content (AvgIpc) is 3.40. The van der Waals surface area contributed by atoms with Crippen LogP contribution in [-0.4, -0.2) is 41.7 Å². The minimum absolute atomic E-state index is 0.0641. The summed E-state index contributed by atoms with van der Waals surface area (Å²) in [4.78, 5) is 28.2. The number of nitrogens with zero attached hydrogens (tertiary/aromatic N) is 1. The minimum Gasteiger partial charge on any atom is -0.477 e. The lowest BCUT2D eigenvalue weighted by Gasteiger charge is -2.38. The van der Waals surface area contributed by atoms with E-state index in [1.165, 1.54) is 6.20 Å². The third-order valence-corrected chi connectivity index (χ3v) is 4.94. The van der Waals surface area contributed by atoms with E-state index >= 15 is 0 Å². The Balaban J connectivity index is 1.82. The Hall–Kier alpha value is -2.41. The van der Waals surface area contributed by atoms with Gasteiger partial charge in [-0.1, -0.05) is 0 Å². The number of H-pyrrole nitrogens is 1. The van der Waals surface area contributed by atoms with Gasteiger partial charge in [-0.25, -0.2) is 9.18 Å². The second-order valence-electron chi connectivity index (χ2n) is 6.49. The highest BCUT2D eigenvalue weighted by Gasteiger charge is 2.37. The number of pyridine rings is 1. The summed E-state index contributed by atoms with van der Waals surface area (Å²) in [6.07, 6.45) is 3.50. The quantitative estimate of drug-likeness (QED) is 0.795. The van der Waals surface area contributed by atoms with E-state index in [9.17, 15) is 14.0 Å². The zero-order valence-corrected chi connectivity index (χ0v) is 13.0. The summed E-state index contributed by atoms with van der Waals surface area (Å²) in [6.45, 7) is 2.33. The molecule has 4 rings (SSSR count). The highest BCUT2D eigenvalue weighted by atomic mass is 19.1. The van der Waals surface area contributed by atoms with Crippen LogP contribution in [-0.2, 0) is 0 Å². The second kappa shape index (κ2) is 5.59. The molecule has 0 bridgehead atoms. The molecule has 1 unspecified atom stereocenters. The van der Waals surface area contributed by atoms with Gasteiger partial charge in [-0.2, -0.15) is 0 Å². The monoisotopic (exact) mass is 331 g/mol. The number of anilines is 1. The Kier molecular flexibility index (Phi) is 3.53. The van der Waals surface area contributed by atoms with Crippen LogP contribution in [0.1, 0.15) is 23.2 Å². The average molecular weight is 331 g/mol. The van der Waals surface area contributed by atoms with Gasteiger partial charge in [0, 0.05) is 37.3 Å². The van der Waals surface area contributed by atoms with Crippen LogP contribution in [0.5, 0.6) is 0 Å². The van der Waals surface area contributed by atoms with Gasteiger partial charge in [-0.05, 0) is 30.9 Å². The van der Waals surface area contributed by atoms with E-state index in [4.69, 9.17) is 5.11 Å². The Morgan fingerprint density at radius 3 is 2.83 bits per heavy atom. The molecule has 0 radical (unpaired) electrons. The molecule has 1 saturated heterocycles. The molecule has 1 aromatic heterocycles. The van der Waals surface area contributed by atoms with Gasteiger partial charge in [0.1, 0.15) is 11.4 Å². The summed E-state index contributed by atoms with van der Waals surface area (Å²) in [5, 5.41) is 12.4. The molecule has 1 aliphatic heterocycles. The number of carbonyl (C=O) groups is 1. The fraction of sp³-hybridized carbons (Fsp3) is 0.412. The first-order valence-electron chi connectivity index (χ1n) is 8.12. The van der Waals surface area contributed by atoms with Crippen molar-refractivity contribution in [1.29, 1.82) is 0 Å². The van der Waals surface area contributed by atoms with E-state index in [0.717, 1.165) is 32.0 Å². The summed E-state index contributed by atoms with van der Waals surface area (Å²) < 4.78 is 14.7. The number of carboxylic acids is 1. The molecule has 1 aromatic carbocycles. The number of aromatic nitrogens is 1. The Morgan fingerprint density at radius 1 is 1.33 bits per heavy atom. The molecule has 1 aliphatic carbocycles. The first kappa shape index (κ1) is 15.1. The lowest BCUT2D eigenvalue weighted by molar-refractivity contribution is 0.0695. The van der Waals surface area contributed by atoms with Crippen LogP contribution < -0.4 is 15.6 Å². The summed E-state index contributed by atoms with van der Waals surface area (Å²) in [5.74, 6) is -1.22. The molecule has 2 aliphatic rings. The van der Waals surface area contributed by atoms with Gasteiger partial charge in [0.2, 0.25) is 5.43 Å². The van der Waals surface area contributed by atoms with Gasteiger partial charge in [-0.3, -0.25) is 4.79 Å². The topological polar surface area (TPSA) is 85.4 Å². The molecular weight excluding hydrogens is 313 g/mol. The van der Waals surface area contributed by atoms with Crippen LogP contribution in [0.4, 0.5) is 10.1 Å². The predicted molar refractivity (Wildman–Crippen MR) is 88.2 cm³/mol. The van der Waals surface area contributed by atoms with E-state index in [2.05, 4.69) is 15.2 Å². The van der Waals surface area contributed by atoms with Crippen LogP contribution >= 0.6 is 0 Å². The summed E-state index contributed by atoms with van der Waals surface area (Å²) in [5.41, 5.74) is -0.123. The smallest absolute Gasteiger partial charge is 0.341 e. The summed E-state index contributed by atoms with van der Waals surface area (Å²) in [6, 6.07) is 3.04. The van der Waals surface area contributed by atoms with Crippen molar-refractivity contribution >= 4 is 22.6 Å². The molecule has 0 amide bonds. The fourth-order valence-corrected chi connectivity index (χ4v) is 3.54. The van der Waals surface area contributed by atoms with Gasteiger partial charge < -0.3 is 20.3 Å². The van der Waals surface area contributed by atoms with E-state index < -0.39 is 17.2 Å². The normalized spacial score (nSPS) is 21.2. The largest absolute Gasteiger partial charge is 0.477 e. The van der Waals surface area contributed by atoms with Crippen molar-refractivity contribution < 1.29 is 14.3 Å². The first-order chi connectivity index (χ1) is 11.6. The van der Waals surface area contributed by atoms with Gasteiger partial charge in [0.25, 0.3) is 0 Å². The number of carboxylic acid groups (broad SMARTS) is 1. The molecular formula is C17H18FN3O3. The van der Waals surface area contributed by atoms with Crippen molar-refractivity contribution in [2.45, 2.75) is 18.9 Å². The lowest BCUT2D eigenvalue weighted by atomic mass is 10.1. The molecule has 2 heterocycles. The van der Waals surface area contributed by atoms with Gasteiger partial charge in [0.05, 0.1) is 11.2 Å². The number of nitrogens with one attached hydrogen (secondary N) is 2. The van der Waals surface area contributed by atoms with Crippen molar-refractivity contribution in [1.82, 2.24) is 10.3 Å². The fourth-order valence-electron chi connectivity index (χ4n) is 3.54. The predicted octanol–water partition coefficient (Wildman–Crippen LogP) is 1.55. The van der Waals surface area contributed by atoms with E-state index in [1.54, 1.807) is 6.07 Å². The number of fused-ring (bicyclic) bond motifs is 1. The van der Waals surface area contributed by atoms with Crippen LogP contribution in [0.25, 0.3) is 10.9 Å². The molecule has 1 saturated carbocycles. The van der Waals surface area contributed by atoms with E-state index in [0.29, 0.717) is 23.7 Å². The van der Waals surface area contributed by atoms with E-state index in [1.807, 2.05) is 0 Å². The van der Waals surface area contributed by atoms with Crippen LogP contribution in [0, 0.1) is 11.7 Å². The number of benzene rings is 1. The van der Waals surface area contributed by atoms with Crippen molar-refractivity contribution in [2.75, 3.05) is 24.5 Å².